The molecule has 0 unspecified atom stereocenters. The Labute approximate surface area is 431 Å². The summed E-state index contributed by atoms with van der Waals surface area (Å²) in [6.45, 7) is 0. The highest BCUT2D eigenvalue weighted by Crippen LogP contribution is 2.41. The van der Waals surface area contributed by atoms with Crippen LogP contribution in [0.5, 0.6) is 0 Å². The molecule has 0 aliphatic heterocycles. The molecule has 14 aromatic rings. The van der Waals surface area contributed by atoms with Crippen molar-refractivity contribution < 1.29 is 0 Å². The summed E-state index contributed by atoms with van der Waals surface area (Å²) < 4.78 is 4.84. The van der Waals surface area contributed by atoms with Crippen molar-refractivity contribution in [2.75, 3.05) is 0 Å². The summed E-state index contributed by atoms with van der Waals surface area (Å²) in [7, 11) is 0. The lowest BCUT2D eigenvalue weighted by molar-refractivity contribution is 1.18. The second-order valence-corrected chi connectivity index (χ2v) is 19.3. The smallest absolute Gasteiger partial charge is 0.0541 e. The van der Waals surface area contributed by atoms with Gasteiger partial charge in [-0.3, -0.25) is 0 Å². The van der Waals surface area contributed by atoms with Crippen LogP contribution in [0.15, 0.2) is 291 Å². The largest absolute Gasteiger partial charge is 0.309 e. The lowest BCUT2D eigenvalue weighted by Gasteiger charge is -2.14. The topological polar surface area (TPSA) is 9.86 Å². The molecule has 0 spiro atoms. The molecule has 0 bridgehead atoms. The van der Waals surface area contributed by atoms with Gasteiger partial charge in [-0.2, -0.15) is 0 Å². The molecule has 0 aliphatic carbocycles. The first kappa shape index (κ1) is 43.1. The average molecular weight is 941 g/mol. The molecule has 0 fully saturated rings. The number of fused-ring (bicyclic) bond motifs is 6. The Morgan fingerprint density at radius 1 is 0.162 bits per heavy atom. The van der Waals surface area contributed by atoms with Gasteiger partial charge in [-0.1, -0.05) is 218 Å². The molecule has 0 N–H and O–H groups in total. The molecule has 346 valence electrons. The minimum absolute atomic E-state index is 1.13. The third kappa shape index (κ3) is 7.60. The lowest BCUT2D eigenvalue weighted by atomic mass is 9.92. The Morgan fingerprint density at radius 2 is 0.473 bits per heavy atom. The highest BCUT2D eigenvalue weighted by atomic mass is 15.0. The molecule has 14 rings (SSSR count). The van der Waals surface area contributed by atoms with Gasteiger partial charge in [-0.25, -0.2) is 0 Å². The number of para-hydroxylation sites is 2. The van der Waals surface area contributed by atoms with Gasteiger partial charge >= 0.3 is 0 Å². The molecule has 0 saturated carbocycles. The highest BCUT2D eigenvalue weighted by molar-refractivity contribution is 6.13. The normalized spacial score (nSPS) is 11.5. The summed E-state index contributed by atoms with van der Waals surface area (Å²) in [4.78, 5) is 0. The molecular weight excluding hydrogens is 893 g/mol. The van der Waals surface area contributed by atoms with Crippen LogP contribution in [0.25, 0.3) is 133 Å². The predicted octanol–water partition coefficient (Wildman–Crippen LogP) is 19.5. The maximum atomic E-state index is 2.43. The molecule has 0 radical (unpaired) electrons. The average Bonchev–Trinajstić information content (AvgIpc) is 4.02. The summed E-state index contributed by atoms with van der Waals surface area (Å²) in [5.74, 6) is 0. The van der Waals surface area contributed by atoms with Gasteiger partial charge in [0.2, 0.25) is 0 Å². The zero-order valence-corrected chi connectivity index (χ0v) is 40.6. The van der Waals surface area contributed by atoms with Crippen LogP contribution in [0.1, 0.15) is 0 Å². The van der Waals surface area contributed by atoms with Gasteiger partial charge in [0, 0.05) is 32.9 Å². The van der Waals surface area contributed by atoms with Crippen LogP contribution in [0.4, 0.5) is 0 Å². The lowest BCUT2D eigenvalue weighted by Crippen LogP contribution is -1.95. The van der Waals surface area contributed by atoms with Crippen molar-refractivity contribution >= 4 is 43.6 Å². The van der Waals surface area contributed by atoms with E-state index in [0.717, 1.165) is 11.4 Å². The second kappa shape index (κ2) is 18.1. The van der Waals surface area contributed by atoms with Crippen LogP contribution in [-0.2, 0) is 0 Å². The Kier molecular flexibility index (Phi) is 10.6. The Bertz CT molecular complexity index is 4400. The molecule has 2 aromatic heterocycles. The molecule has 0 atom stereocenters. The van der Waals surface area contributed by atoms with E-state index >= 15 is 0 Å². The third-order valence-corrected chi connectivity index (χ3v) is 14.9. The number of hydrogen-bond acceptors (Lipinski definition) is 0. The Balaban J connectivity index is 0.793. The van der Waals surface area contributed by atoms with Crippen molar-refractivity contribution in [1.29, 1.82) is 0 Å². The van der Waals surface area contributed by atoms with Gasteiger partial charge < -0.3 is 9.13 Å². The summed E-state index contributed by atoms with van der Waals surface area (Å²) in [5, 5.41) is 4.95. The van der Waals surface area contributed by atoms with E-state index in [0.29, 0.717) is 0 Å². The first-order valence-electron chi connectivity index (χ1n) is 25.5. The number of hydrogen-bond donors (Lipinski definition) is 0. The van der Waals surface area contributed by atoms with Crippen LogP contribution < -0.4 is 0 Å². The van der Waals surface area contributed by atoms with Crippen LogP contribution in [-0.4, -0.2) is 9.13 Å². The molecule has 0 amide bonds. The van der Waals surface area contributed by atoms with Crippen molar-refractivity contribution in [2.24, 2.45) is 0 Å². The van der Waals surface area contributed by atoms with Crippen molar-refractivity contribution in [3.05, 3.63) is 291 Å². The van der Waals surface area contributed by atoms with E-state index in [4.69, 9.17) is 0 Å². The van der Waals surface area contributed by atoms with E-state index in [-0.39, 0.29) is 0 Å². The first-order chi connectivity index (χ1) is 36.7. The zero-order valence-electron chi connectivity index (χ0n) is 40.6. The minimum Gasteiger partial charge on any atom is -0.309 e. The molecule has 0 aliphatic rings. The third-order valence-electron chi connectivity index (χ3n) is 14.9. The summed E-state index contributed by atoms with van der Waals surface area (Å²) in [6, 6.07) is 106. The summed E-state index contributed by atoms with van der Waals surface area (Å²) in [6.07, 6.45) is 0. The van der Waals surface area contributed by atoms with Crippen molar-refractivity contribution in [3.63, 3.8) is 0 Å². The summed E-state index contributed by atoms with van der Waals surface area (Å²) in [5.41, 5.74) is 23.9. The minimum atomic E-state index is 1.13. The maximum Gasteiger partial charge on any atom is 0.0541 e. The van der Waals surface area contributed by atoms with E-state index in [1.54, 1.807) is 0 Å². The van der Waals surface area contributed by atoms with Gasteiger partial charge in [-0.15, -0.1) is 0 Å². The number of aromatic nitrogens is 2. The number of nitrogens with zero attached hydrogens (tertiary/aromatic N) is 2. The fraction of sp³-hybridized carbons (Fsp3) is 0. The number of rotatable bonds is 9. The zero-order chi connectivity index (χ0) is 49.0. The maximum absolute atomic E-state index is 2.43. The van der Waals surface area contributed by atoms with E-state index in [1.807, 2.05) is 0 Å². The monoisotopic (exact) mass is 940 g/mol. The SMILES string of the molecule is c1ccc(-c2cccc(-c3cccc(-c4ccc(-c5ccccc5-c5cccc(-n6c7ccccc7c7cc(-c8ccc9c(c8)c8ccccc8n9-c8cccc(-c9ccccc9)c8)ccc76)c5)cc4)c3)c2)cc1. The Morgan fingerprint density at radius 3 is 0.986 bits per heavy atom. The van der Waals surface area contributed by atoms with Crippen LogP contribution in [0.3, 0.4) is 0 Å². The van der Waals surface area contributed by atoms with Gasteiger partial charge in [-0.05, 0) is 151 Å². The van der Waals surface area contributed by atoms with Gasteiger partial charge in [0.1, 0.15) is 0 Å². The van der Waals surface area contributed by atoms with E-state index in [9.17, 15) is 0 Å². The molecule has 0 saturated heterocycles. The van der Waals surface area contributed by atoms with Crippen LogP contribution in [0.2, 0.25) is 0 Å². The fourth-order valence-corrected chi connectivity index (χ4v) is 11.3. The van der Waals surface area contributed by atoms with Crippen LogP contribution in [0, 0.1) is 0 Å². The molecule has 12 aromatic carbocycles. The fourth-order valence-electron chi connectivity index (χ4n) is 11.3. The van der Waals surface area contributed by atoms with Crippen LogP contribution >= 0.6 is 0 Å². The molecular formula is C72H48N2. The molecule has 2 heteroatoms. The predicted molar refractivity (Wildman–Crippen MR) is 313 cm³/mol. The highest BCUT2D eigenvalue weighted by Gasteiger charge is 2.18. The second-order valence-electron chi connectivity index (χ2n) is 19.3. The van der Waals surface area contributed by atoms with Crippen molar-refractivity contribution in [2.45, 2.75) is 0 Å². The Hall–Kier alpha value is -9.76. The van der Waals surface area contributed by atoms with Gasteiger partial charge in [0.15, 0.2) is 0 Å². The first-order valence-corrected chi connectivity index (χ1v) is 25.5. The van der Waals surface area contributed by atoms with E-state index in [2.05, 4.69) is 300 Å². The molecule has 74 heavy (non-hydrogen) atoms. The molecule has 2 nitrogen and oxygen atoms in total. The quantitative estimate of drug-likeness (QED) is 0.136. The standard InChI is InChI=1S/C72H48N2/c1-3-17-49(18-4-1)53-21-13-23-55(43-53)56-24-14-22-54(44-56)51-35-37-52(38-36-51)63-29-7-8-30-64(63)60-26-16-28-62(46-60)74-70-34-12-10-32-66(70)68-48-59(40-42-72(68)74)58-39-41-71-67(47-58)65-31-9-11-33-69(65)73(71)61-27-15-25-57(45-61)50-19-5-2-6-20-50/h1-48H. The van der Waals surface area contributed by atoms with Crippen molar-refractivity contribution in [1.82, 2.24) is 9.13 Å². The van der Waals surface area contributed by atoms with Gasteiger partial charge in [0.05, 0.1) is 22.1 Å². The molecule has 2 heterocycles. The number of benzene rings is 12. The van der Waals surface area contributed by atoms with E-state index in [1.165, 1.54) is 122 Å². The summed E-state index contributed by atoms with van der Waals surface area (Å²) >= 11 is 0. The van der Waals surface area contributed by atoms with Crippen molar-refractivity contribution in [3.8, 4) is 89.3 Å². The van der Waals surface area contributed by atoms with Gasteiger partial charge in [0.25, 0.3) is 0 Å². The van der Waals surface area contributed by atoms with E-state index < -0.39 is 0 Å².